The molecule has 1 unspecified atom stereocenters. The average Bonchev–Trinajstić information content (AvgIpc) is 2.48. The maximum atomic E-state index is 12.6. The van der Waals surface area contributed by atoms with Gasteiger partial charge in [0.1, 0.15) is 0 Å². The van der Waals surface area contributed by atoms with Crippen LogP contribution in [0.25, 0.3) is 0 Å². The molecule has 2 heterocycles. The first kappa shape index (κ1) is 12.9. The van der Waals surface area contributed by atoms with Crippen molar-refractivity contribution in [3.63, 3.8) is 0 Å². The Morgan fingerprint density at radius 3 is 2.85 bits per heavy atom. The third-order valence-electron chi connectivity index (χ3n) is 3.57. The summed E-state index contributed by atoms with van der Waals surface area (Å²) in [7, 11) is 0. The van der Waals surface area contributed by atoms with E-state index in [2.05, 4.69) is 10.6 Å². The molecule has 6 heteroatoms. The highest BCUT2D eigenvalue weighted by Gasteiger charge is 2.29. The van der Waals surface area contributed by atoms with Crippen molar-refractivity contribution in [1.29, 1.82) is 0 Å². The maximum Gasteiger partial charge on any atom is 0.265 e. The van der Waals surface area contributed by atoms with Crippen LogP contribution in [0.3, 0.4) is 0 Å². The average molecular weight is 275 g/mol. The molecule has 1 saturated heterocycles. The smallest absolute Gasteiger partial charge is 0.265 e. The number of ether oxygens (including phenoxy) is 1. The van der Waals surface area contributed by atoms with Crippen molar-refractivity contribution in [2.45, 2.75) is 13.0 Å². The van der Waals surface area contributed by atoms with Gasteiger partial charge in [-0.15, -0.1) is 0 Å². The van der Waals surface area contributed by atoms with E-state index in [-0.39, 0.29) is 11.8 Å². The lowest BCUT2D eigenvalue weighted by Crippen LogP contribution is -2.46. The van der Waals surface area contributed by atoms with E-state index in [0.29, 0.717) is 30.1 Å². The van der Waals surface area contributed by atoms with Gasteiger partial charge in [-0.25, -0.2) is 0 Å². The summed E-state index contributed by atoms with van der Waals surface area (Å²) in [5.74, 6) is 0.235. The summed E-state index contributed by atoms with van der Waals surface area (Å²) in [5.41, 5.74) is 1.07. The Morgan fingerprint density at radius 2 is 2.10 bits per heavy atom. The number of carbonyl (C=O) groups excluding carboxylic acids is 2. The number of hydrogen-bond donors (Lipinski definition) is 2. The number of nitrogens with zero attached hydrogens (tertiary/aromatic N) is 1. The van der Waals surface area contributed by atoms with Gasteiger partial charge in [0.15, 0.2) is 11.9 Å². The van der Waals surface area contributed by atoms with Crippen molar-refractivity contribution in [3.05, 3.63) is 23.8 Å². The molecule has 0 aromatic heterocycles. The summed E-state index contributed by atoms with van der Waals surface area (Å²) in [6.45, 7) is 4.64. The monoisotopic (exact) mass is 275 g/mol. The van der Waals surface area contributed by atoms with Gasteiger partial charge < -0.3 is 20.3 Å². The fourth-order valence-corrected chi connectivity index (χ4v) is 2.43. The van der Waals surface area contributed by atoms with Crippen LogP contribution in [0.15, 0.2) is 18.2 Å². The Bertz CT molecular complexity index is 553. The number of anilines is 1. The van der Waals surface area contributed by atoms with E-state index in [1.165, 1.54) is 0 Å². The van der Waals surface area contributed by atoms with E-state index in [1.807, 2.05) is 0 Å². The van der Waals surface area contributed by atoms with Gasteiger partial charge in [0.25, 0.3) is 11.8 Å². The van der Waals surface area contributed by atoms with E-state index < -0.39 is 6.10 Å². The third-order valence-corrected chi connectivity index (χ3v) is 3.57. The quantitative estimate of drug-likeness (QED) is 0.781. The molecule has 0 saturated carbocycles. The molecule has 106 valence electrons. The standard InChI is InChI=1S/C14H17N3O3/c1-9-13(18)16-11-4-2-3-10(12(11)20-9)14(19)17-7-5-15-6-8-17/h2-4,9,15H,5-8H2,1H3,(H,16,18). The van der Waals surface area contributed by atoms with Crippen LogP contribution in [0.5, 0.6) is 5.75 Å². The lowest BCUT2D eigenvalue weighted by molar-refractivity contribution is -0.122. The van der Waals surface area contributed by atoms with Gasteiger partial charge in [-0.3, -0.25) is 9.59 Å². The van der Waals surface area contributed by atoms with Crippen LogP contribution in [0.4, 0.5) is 5.69 Å². The fraction of sp³-hybridized carbons (Fsp3) is 0.429. The van der Waals surface area contributed by atoms with Gasteiger partial charge >= 0.3 is 0 Å². The molecule has 3 rings (SSSR count). The van der Waals surface area contributed by atoms with Crippen molar-refractivity contribution >= 4 is 17.5 Å². The van der Waals surface area contributed by atoms with Gasteiger partial charge in [-0.05, 0) is 19.1 Å². The van der Waals surface area contributed by atoms with E-state index in [0.717, 1.165) is 13.1 Å². The highest BCUT2D eigenvalue weighted by molar-refractivity contribution is 6.04. The minimum absolute atomic E-state index is 0.0494. The van der Waals surface area contributed by atoms with Crippen LogP contribution >= 0.6 is 0 Å². The first-order chi connectivity index (χ1) is 9.66. The number of nitrogens with one attached hydrogen (secondary N) is 2. The van der Waals surface area contributed by atoms with E-state index >= 15 is 0 Å². The van der Waals surface area contributed by atoms with Crippen molar-refractivity contribution in [1.82, 2.24) is 10.2 Å². The summed E-state index contributed by atoms with van der Waals surface area (Å²) in [6.07, 6.45) is -0.584. The number of piperazine rings is 1. The van der Waals surface area contributed by atoms with Crippen LogP contribution in [0.1, 0.15) is 17.3 Å². The molecule has 2 aliphatic heterocycles. The van der Waals surface area contributed by atoms with Gasteiger partial charge in [-0.1, -0.05) is 6.07 Å². The molecule has 1 aromatic rings. The third kappa shape index (κ3) is 2.22. The SMILES string of the molecule is CC1Oc2c(cccc2C(=O)N2CCNCC2)NC1=O. The summed E-state index contributed by atoms with van der Waals surface area (Å²) in [4.78, 5) is 26.0. The molecule has 0 spiro atoms. The van der Waals surface area contributed by atoms with Gasteiger partial charge in [0.2, 0.25) is 0 Å². The second-order valence-electron chi connectivity index (χ2n) is 4.97. The lowest BCUT2D eigenvalue weighted by Gasteiger charge is -2.30. The zero-order valence-electron chi connectivity index (χ0n) is 11.3. The molecule has 1 aromatic carbocycles. The van der Waals surface area contributed by atoms with E-state index in [9.17, 15) is 9.59 Å². The topological polar surface area (TPSA) is 70.7 Å². The summed E-state index contributed by atoms with van der Waals surface area (Å²) in [6, 6.07) is 5.24. The number of hydrogen-bond acceptors (Lipinski definition) is 4. The van der Waals surface area contributed by atoms with Crippen LogP contribution in [-0.4, -0.2) is 49.0 Å². The Kier molecular flexibility index (Phi) is 3.31. The van der Waals surface area contributed by atoms with Crippen molar-refractivity contribution < 1.29 is 14.3 Å². The van der Waals surface area contributed by atoms with Crippen LogP contribution < -0.4 is 15.4 Å². The number of fused-ring (bicyclic) bond motifs is 1. The van der Waals surface area contributed by atoms with E-state index in [1.54, 1.807) is 30.0 Å². The Labute approximate surface area is 117 Å². The Morgan fingerprint density at radius 1 is 1.35 bits per heavy atom. The highest BCUT2D eigenvalue weighted by atomic mass is 16.5. The highest BCUT2D eigenvalue weighted by Crippen LogP contribution is 2.34. The van der Waals surface area contributed by atoms with Crippen molar-refractivity contribution in [2.75, 3.05) is 31.5 Å². The predicted octanol–water partition coefficient (Wildman–Crippen LogP) is 0.451. The minimum atomic E-state index is -0.584. The van der Waals surface area contributed by atoms with Gasteiger partial charge in [-0.2, -0.15) is 0 Å². The van der Waals surface area contributed by atoms with Crippen molar-refractivity contribution in [3.8, 4) is 5.75 Å². The van der Waals surface area contributed by atoms with Crippen LogP contribution in [0, 0.1) is 0 Å². The molecule has 0 aliphatic carbocycles. The molecular weight excluding hydrogens is 258 g/mol. The number of para-hydroxylation sites is 1. The molecule has 1 atom stereocenters. The predicted molar refractivity (Wildman–Crippen MR) is 73.9 cm³/mol. The fourth-order valence-electron chi connectivity index (χ4n) is 2.43. The normalized spacial score (nSPS) is 21.8. The summed E-state index contributed by atoms with van der Waals surface area (Å²) in [5, 5.41) is 5.97. The zero-order valence-corrected chi connectivity index (χ0v) is 11.3. The lowest BCUT2D eigenvalue weighted by atomic mass is 10.1. The second kappa shape index (κ2) is 5.13. The Hall–Kier alpha value is -2.08. The van der Waals surface area contributed by atoms with E-state index in [4.69, 9.17) is 4.74 Å². The summed E-state index contributed by atoms with van der Waals surface area (Å²) < 4.78 is 5.61. The maximum absolute atomic E-state index is 12.6. The zero-order chi connectivity index (χ0) is 14.1. The molecule has 6 nitrogen and oxygen atoms in total. The van der Waals surface area contributed by atoms with Crippen LogP contribution in [0.2, 0.25) is 0 Å². The number of carbonyl (C=O) groups is 2. The molecule has 0 bridgehead atoms. The first-order valence-corrected chi connectivity index (χ1v) is 6.77. The number of amides is 2. The second-order valence-corrected chi connectivity index (χ2v) is 4.97. The van der Waals surface area contributed by atoms with Crippen molar-refractivity contribution in [2.24, 2.45) is 0 Å². The molecule has 2 N–H and O–H groups in total. The molecule has 2 amide bonds. The Balaban J connectivity index is 1.92. The van der Waals surface area contributed by atoms with Gasteiger partial charge in [0, 0.05) is 26.2 Å². The molecule has 0 radical (unpaired) electrons. The minimum Gasteiger partial charge on any atom is -0.478 e. The van der Waals surface area contributed by atoms with Gasteiger partial charge in [0.05, 0.1) is 11.3 Å². The molecule has 20 heavy (non-hydrogen) atoms. The molecular formula is C14H17N3O3. The first-order valence-electron chi connectivity index (χ1n) is 6.77. The largest absolute Gasteiger partial charge is 0.478 e. The number of rotatable bonds is 1. The molecule has 2 aliphatic rings. The van der Waals surface area contributed by atoms with Crippen LogP contribution in [-0.2, 0) is 4.79 Å². The molecule has 1 fully saturated rings. The number of benzene rings is 1. The summed E-state index contributed by atoms with van der Waals surface area (Å²) >= 11 is 0.